The molecule has 3 heterocycles. The standard InChI is InChI=1S/C30H29N5O3.C2H4O2/c1-19(36)35-13-10-21-14-25-26(16-27(21)35)33-30(37)29(32-25)24-17-34(12-5-11-31)28-15-22(8-9-23(24)28)38-18-20-6-3-2-4-7-20;1-2(3)4/h2-4,6-9,14-17H,5,10-13,18,31H2,1H3,(H,33,37);1H3,(H,3,4). The second-order valence-corrected chi connectivity index (χ2v) is 10.2. The maximum absolute atomic E-state index is 13.3. The number of aromatic amines is 1. The number of carbonyl (C=O) groups is 2. The molecule has 10 nitrogen and oxygen atoms in total. The number of H-pyrrole nitrogens is 1. The lowest BCUT2D eigenvalue weighted by Gasteiger charge is -2.15. The van der Waals surface area contributed by atoms with Gasteiger partial charge in [0.15, 0.2) is 0 Å². The number of carbonyl (C=O) groups excluding carboxylic acids is 1. The number of aryl methyl sites for hydroxylation is 1. The Kier molecular flexibility index (Phi) is 8.35. The molecule has 0 fully saturated rings. The topological polar surface area (TPSA) is 144 Å². The first-order chi connectivity index (χ1) is 20.2. The molecular weight excluding hydrogens is 534 g/mol. The lowest BCUT2D eigenvalue weighted by atomic mass is 10.1. The van der Waals surface area contributed by atoms with Crippen molar-refractivity contribution in [1.82, 2.24) is 14.5 Å². The number of benzene rings is 3. The van der Waals surface area contributed by atoms with E-state index >= 15 is 0 Å². The predicted molar refractivity (Wildman–Crippen MR) is 163 cm³/mol. The Labute approximate surface area is 242 Å². The average molecular weight is 568 g/mol. The van der Waals surface area contributed by atoms with Gasteiger partial charge in [0.25, 0.3) is 11.5 Å². The normalized spacial score (nSPS) is 12.2. The summed E-state index contributed by atoms with van der Waals surface area (Å²) in [6.45, 7) is 5.04. The van der Waals surface area contributed by atoms with Crippen LogP contribution in [0.5, 0.6) is 5.75 Å². The molecule has 0 unspecified atom stereocenters. The molecule has 4 N–H and O–H groups in total. The number of aliphatic carboxylic acids is 1. The molecule has 216 valence electrons. The van der Waals surface area contributed by atoms with Gasteiger partial charge in [0.2, 0.25) is 5.91 Å². The van der Waals surface area contributed by atoms with Crippen LogP contribution in [0.25, 0.3) is 33.2 Å². The highest BCUT2D eigenvalue weighted by molar-refractivity contribution is 5.98. The summed E-state index contributed by atoms with van der Waals surface area (Å²) in [5, 5.41) is 8.34. The minimum atomic E-state index is -0.833. The van der Waals surface area contributed by atoms with E-state index in [1.54, 1.807) is 11.8 Å². The first-order valence-corrected chi connectivity index (χ1v) is 13.8. The number of anilines is 1. The van der Waals surface area contributed by atoms with Crippen molar-refractivity contribution in [3.05, 3.63) is 88.3 Å². The molecule has 42 heavy (non-hydrogen) atoms. The summed E-state index contributed by atoms with van der Waals surface area (Å²) in [5.41, 5.74) is 12.0. The molecule has 10 heteroatoms. The van der Waals surface area contributed by atoms with E-state index in [1.165, 1.54) is 0 Å². The van der Waals surface area contributed by atoms with E-state index in [-0.39, 0.29) is 11.5 Å². The van der Waals surface area contributed by atoms with Gasteiger partial charge in [-0.2, -0.15) is 0 Å². The van der Waals surface area contributed by atoms with Crippen molar-refractivity contribution < 1.29 is 19.4 Å². The minimum absolute atomic E-state index is 0.00701. The molecule has 0 saturated heterocycles. The van der Waals surface area contributed by atoms with Gasteiger partial charge in [0, 0.05) is 55.8 Å². The second-order valence-electron chi connectivity index (χ2n) is 10.2. The van der Waals surface area contributed by atoms with Crippen LogP contribution >= 0.6 is 0 Å². The summed E-state index contributed by atoms with van der Waals surface area (Å²) >= 11 is 0. The van der Waals surface area contributed by atoms with Gasteiger partial charge in [0.1, 0.15) is 18.1 Å². The molecular formula is C32H33N5O5. The van der Waals surface area contributed by atoms with Crippen LogP contribution in [0, 0.1) is 0 Å². The number of fused-ring (bicyclic) bond motifs is 3. The Balaban J connectivity index is 0.000000830. The maximum Gasteiger partial charge on any atom is 0.300 e. The summed E-state index contributed by atoms with van der Waals surface area (Å²) in [5.74, 6) is -0.0848. The minimum Gasteiger partial charge on any atom is -0.489 e. The molecule has 6 rings (SSSR count). The lowest BCUT2D eigenvalue weighted by Crippen LogP contribution is -2.25. The number of nitrogens with zero attached hydrogens (tertiary/aromatic N) is 3. The highest BCUT2D eigenvalue weighted by Crippen LogP contribution is 2.34. The van der Waals surface area contributed by atoms with Gasteiger partial charge in [-0.05, 0) is 54.8 Å². The number of aromatic nitrogens is 3. The van der Waals surface area contributed by atoms with Crippen LogP contribution in [-0.2, 0) is 29.2 Å². The molecule has 0 bridgehead atoms. The van der Waals surface area contributed by atoms with Gasteiger partial charge >= 0.3 is 0 Å². The molecule has 1 amide bonds. The van der Waals surface area contributed by atoms with E-state index in [2.05, 4.69) is 9.55 Å². The second kappa shape index (κ2) is 12.3. The number of carboxylic acids is 1. The molecule has 0 saturated carbocycles. The summed E-state index contributed by atoms with van der Waals surface area (Å²) < 4.78 is 8.19. The third kappa shape index (κ3) is 6.03. The van der Waals surface area contributed by atoms with E-state index in [0.29, 0.717) is 36.4 Å². The van der Waals surface area contributed by atoms with Crippen molar-refractivity contribution in [3.63, 3.8) is 0 Å². The number of carboxylic acid groups (broad SMARTS) is 1. The van der Waals surface area contributed by atoms with Crippen LogP contribution in [0.2, 0.25) is 0 Å². The van der Waals surface area contributed by atoms with Crippen LogP contribution in [0.3, 0.4) is 0 Å². The Bertz CT molecular complexity index is 1820. The largest absolute Gasteiger partial charge is 0.489 e. The third-order valence-electron chi connectivity index (χ3n) is 7.13. The first-order valence-electron chi connectivity index (χ1n) is 13.8. The molecule has 0 aliphatic carbocycles. The van der Waals surface area contributed by atoms with Gasteiger partial charge in [-0.25, -0.2) is 4.98 Å². The number of rotatable bonds is 7. The van der Waals surface area contributed by atoms with Crippen LogP contribution in [0.4, 0.5) is 5.69 Å². The number of ether oxygens (including phenoxy) is 1. The Morgan fingerprint density at radius 2 is 1.86 bits per heavy atom. The van der Waals surface area contributed by atoms with Crippen molar-refractivity contribution in [2.75, 3.05) is 18.0 Å². The number of nitrogens with one attached hydrogen (secondary N) is 1. The van der Waals surface area contributed by atoms with Crippen molar-refractivity contribution in [3.8, 4) is 17.0 Å². The quantitative estimate of drug-likeness (QED) is 0.263. The highest BCUT2D eigenvalue weighted by Gasteiger charge is 2.24. The summed E-state index contributed by atoms with van der Waals surface area (Å²) in [6, 6.07) is 19.8. The molecule has 0 atom stereocenters. The zero-order valence-corrected chi connectivity index (χ0v) is 23.6. The molecule has 0 spiro atoms. The molecule has 3 aromatic carbocycles. The van der Waals surface area contributed by atoms with Crippen molar-refractivity contribution in [2.45, 2.75) is 39.8 Å². The Morgan fingerprint density at radius 1 is 1.10 bits per heavy atom. The van der Waals surface area contributed by atoms with Gasteiger partial charge in [-0.3, -0.25) is 14.4 Å². The number of hydrogen-bond acceptors (Lipinski definition) is 6. The fourth-order valence-electron chi connectivity index (χ4n) is 5.22. The van der Waals surface area contributed by atoms with Crippen LogP contribution < -0.4 is 20.9 Å². The zero-order chi connectivity index (χ0) is 29.8. The smallest absolute Gasteiger partial charge is 0.300 e. The highest BCUT2D eigenvalue weighted by atomic mass is 16.5. The van der Waals surface area contributed by atoms with Gasteiger partial charge in [0.05, 0.1) is 16.6 Å². The average Bonchev–Trinajstić information content (AvgIpc) is 3.54. The van der Waals surface area contributed by atoms with Crippen molar-refractivity contribution in [1.29, 1.82) is 0 Å². The fourth-order valence-corrected chi connectivity index (χ4v) is 5.22. The van der Waals surface area contributed by atoms with Crippen LogP contribution in [-0.4, -0.2) is 44.6 Å². The van der Waals surface area contributed by atoms with Gasteiger partial charge in [-0.1, -0.05) is 30.3 Å². The summed E-state index contributed by atoms with van der Waals surface area (Å²) in [7, 11) is 0. The summed E-state index contributed by atoms with van der Waals surface area (Å²) in [6.07, 6.45) is 3.55. The fraction of sp³-hybridized carbons (Fsp3) is 0.250. The zero-order valence-electron chi connectivity index (χ0n) is 23.6. The van der Waals surface area contributed by atoms with Gasteiger partial charge in [-0.15, -0.1) is 0 Å². The van der Waals surface area contributed by atoms with Crippen LogP contribution in [0.1, 0.15) is 31.4 Å². The lowest BCUT2D eigenvalue weighted by molar-refractivity contribution is -0.134. The predicted octanol–water partition coefficient (Wildman–Crippen LogP) is 4.47. The van der Waals surface area contributed by atoms with Crippen LogP contribution in [0.15, 0.2) is 71.7 Å². The molecule has 5 aromatic rings. The van der Waals surface area contributed by atoms with E-state index in [0.717, 1.165) is 65.3 Å². The van der Waals surface area contributed by atoms with E-state index in [1.807, 2.05) is 66.9 Å². The molecule has 1 aliphatic heterocycles. The number of hydrogen-bond donors (Lipinski definition) is 3. The Morgan fingerprint density at radius 3 is 2.57 bits per heavy atom. The third-order valence-corrected chi connectivity index (χ3v) is 7.13. The number of nitrogens with two attached hydrogens (primary N) is 1. The maximum atomic E-state index is 13.3. The summed E-state index contributed by atoms with van der Waals surface area (Å²) in [4.78, 5) is 43.9. The van der Waals surface area contributed by atoms with Crippen molar-refractivity contribution in [2.24, 2.45) is 5.73 Å². The molecule has 2 aromatic heterocycles. The van der Waals surface area contributed by atoms with E-state index in [4.69, 9.17) is 25.4 Å². The SMILES string of the molecule is CC(=O)N1CCc2cc3nc(-c4cn(CCCN)c5cc(OCc6ccccc6)ccc45)c(=O)[nH]c3cc21.CC(=O)O. The molecule has 1 aliphatic rings. The van der Waals surface area contributed by atoms with E-state index < -0.39 is 5.97 Å². The molecule has 0 radical (unpaired) electrons. The van der Waals surface area contributed by atoms with E-state index in [9.17, 15) is 9.59 Å². The number of amides is 1. The first kappa shape index (κ1) is 28.6. The Hall–Kier alpha value is -4.96. The van der Waals surface area contributed by atoms with Gasteiger partial charge < -0.3 is 30.0 Å². The monoisotopic (exact) mass is 567 g/mol. The van der Waals surface area contributed by atoms with Crippen molar-refractivity contribution >= 4 is 39.5 Å².